The second kappa shape index (κ2) is 9.56. The van der Waals surface area contributed by atoms with E-state index in [-0.39, 0.29) is 10.8 Å². The SMILES string of the molecule is COc1c(CNC2=CCCC=C2Sc2ccccc2)cc(C(C)(C)C)cc1C(C)(C)C. The summed E-state index contributed by atoms with van der Waals surface area (Å²) in [5.41, 5.74) is 5.16. The molecule has 1 aliphatic carbocycles. The van der Waals surface area contributed by atoms with Crippen molar-refractivity contribution >= 4 is 11.8 Å². The third-order valence-corrected chi connectivity index (χ3v) is 6.71. The van der Waals surface area contributed by atoms with Crippen molar-refractivity contribution in [3.63, 3.8) is 0 Å². The number of hydrogen-bond acceptors (Lipinski definition) is 3. The Labute approximate surface area is 193 Å². The van der Waals surface area contributed by atoms with E-state index in [0.717, 1.165) is 25.1 Å². The topological polar surface area (TPSA) is 21.3 Å². The van der Waals surface area contributed by atoms with Gasteiger partial charge in [0.1, 0.15) is 5.75 Å². The molecule has 0 aromatic heterocycles. The van der Waals surface area contributed by atoms with E-state index in [1.54, 1.807) is 7.11 Å². The van der Waals surface area contributed by atoms with Gasteiger partial charge in [-0.05, 0) is 47.4 Å². The molecular weight excluding hydrogens is 398 g/mol. The molecule has 3 rings (SSSR count). The number of thioether (sulfide) groups is 1. The van der Waals surface area contributed by atoms with Crippen LogP contribution in [0.3, 0.4) is 0 Å². The lowest BCUT2D eigenvalue weighted by atomic mass is 9.79. The molecule has 2 nitrogen and oxygen atoms in total. The molecule has 0 saturated carbocycles. The smallest absolute Gasteiger partial charge is 0.127 e. The average molecular weight is 436 g/mol. The summed E-state index contributed by atoms with van der Waals surface area (Å²) < 4.78 is 5.95. The first kappa shape index (κ1) is 23.5. The molecular formula is C28H37NOS. The van der Waals surface area contributed by atoms with E-state index in [2.05, 4.69) is 101 Å². The van der Waals surface area contributed by atoms with E-state index in [1.807, 2.05) is 11.8 Å². The van der Waals surface area contributed by atoms with Gasteiger partial charge >= 0.3 is 0 Å². The largest absolute Gasteiger partial charge is 0.496 e. The second-order valence-electron chi connectivity index (χ2n) is 10.2. The van der Waals surface area contributed by atoms with Gasteiger partial charge in [-0.2, -0.15) is 0 Å². The minimum absolute atomic E-state index is 0.0136. The van der Waals surface area contributed by atoms with Crippen molar-refractivity contribution in [3.8, 4) is 5.75 Å². The Balaban J connectivity index is 1.89. The molecule has 2 aromatic carbocycles. The van der Waals surface area contributed by atoms with Crippen molar-refractivity contribution in [2.75, 3.05) is 7.11 Å². The van der Waals surface area contributed by atoms with E-state index in [1.165, 1.54) is 32.2 Å². The zero-order valence-corrected chi connectivity index (χ0v) is 21.0. The molecule has 0 heterocycles. The van der Waals surface area contributed by atoms with Crippen LogP contribution in [0.25, 0.3) is 0 Å². The summed E-state index contributed by atoms with van der Waals surface area (Å²) in [4.78, 5) is 2.57. The van der Waals surface area contributed by atoms with E-state index in [4.69, 9.17) is 4.74 Å². The standard InChI is InChI=1S/C28H37NOS/c1-27(2,3)21-17-20(26(30-7)23(18-21)28(4,5)6)19-29-24-15-11-12-16-25(24)31-22-13-9-8-10-14-22/h8-10,13-18,29H,11-12,19H2,1-7H3. The average Bonchev–Trinajstić information content (AvgIpc) is 2.72. The highest BCUT2D eigenvalue weighted by Gasteiger charge is 2.26. The van der Waals surface area contributed by atoms with E-state index in [9.17, 15) is 0 Å². The summed E-state index contributed by atoms with van der Waals surface area (Å²) in [6, 6.07) is 15.2. The number of methoxy groups -OCH3 is 1. The number of benzene rings is 2. The molecule has 0 amide bonds. The number of hydrogen-bond donors (Lipinski definition) is 1. The lowest BCUT2D eigenvalue weighted by molar-refractivity contribution is 0.390. The molecule has 1 aliphatic rings. The third kappa shape index (κ3) is 5.98. The number of rotatable bonds is 6. The molecule has 0 aliphatic heterocycles. The first-order valence-corrected chi connectivity index (χ1v) is 12.0. The van der Waals surface area contributed by atoms with Gasteiger partial charge in [-0.15, -0.1) is 0 Å². The van der Waals surface area contributed by atoms with Crippen LogP contribution in [0.15, 0.2) is 70.1 Å². The molecule has 166 valence electrons. The van der Waals surface area contributed by atoms with Crippen LogP contribution in [0.1, 0.15) is 71.1 Å². The fraction of sp³-hybridized carbons (Fsp3) is 0.429. The minimum Gasteiger partial charge on any atom is -0.496 e. The van der Waals surface area contributed by atoms with Gasteiger partial charge in [-0.3, -0.25) is 0 Å². The summed E-state index contributed by atoms with van der Waals surface area (Å²) in [7, 11) is 1.79. The molecule has 3 heteroatoms. The van der Waals surface area contributed by atoms with Crippen molar-refractivity contribution in [3.05, 3.63) is 81.9 Å². The van der Waals surface area contributed by atoms with E-state index < -0.39 is 0 Å². The number of allylic oxidation sites excluding steroid dienone is 2. The predicted octanol–water partition coefficient (Wildman–Crippen LogP) is 7.73. The highest BCUT2D eigenvalue weighted by Crippen LogP contribution is 2.39. The van der Waals surface area contributed by atoms with Gasteiger partial charge in [0.15, 0.2) is 0 Å². The summed E-state index contributed by atoms with van der Waals surface area (Å²) in [5.74, 6) is 1.01. The van der Waals surface area contributed by atoms with Crippen LogP contribution in [0.5, 0.6) is 5.75 Å². The fourth-order valence-electron chi connectivity index (χ4n) is 3.77. The molecule has 0 saturated heterocycles. The molecule has 0 spiro atoms. The van der Waals surface area contributed by atoms with Gasteiger partial charge < -0.3 is 10.1 Å². The van der Waals surface area contributed by atoms with E-state index in [0.29, 0.717) is 0 Å². The molecule has 31 heavy (non-hydrogen) atoms. The third-order valence-electron chi connectivity index (χ3n) is 5.59. The highest BCUT2D eigenvalue weighted by molar-refractivity contribution is 8.03. The summed E-state index contributed by atoms with van der Waals surface area (Å²) in [5, 5.41) is 3.73. The van der Waals surface area contributed by atoms with Gasteiger partial charge in [0.25, 0.3) is 0 Å². The lowest BCUT2D eigenvalue weighted by Crippen LogP contribution is -2.21. The maximum atomic E-state index is 5.95. The summed E-state index contributed by atoms with van der Waals surface area (Å²) in [6.45, 7) is 14.4. The molecule has 0 bridgehead atoms. The van der Waals surface area contributed by atoms with Crippen molar-refractivity contribution in [1.29, 1.82) is 0 Å². The van der Waals surface area contributed by atoms with Crippen LogP contribution < -0.4 is 10.1 Å². The molecule has 1 N–H and O–H groups in total. The summed E-state index contributed by atoms with van der Waals surface area (Å²) in [6.07, 6.45) is 6.85. The van der Waals surface area contributed by atoms with Gasteiger partial charge in [-0.1, -0.05) is 89.7 Å². The lowest BCUT2D eigenvalue weighted by Gasteiger charge is -2.29. The first-order valence-electron chi connectivity index (χ1n) is 11.2. The van der Waals surface area contributed by atoms with Crippen molar-refractivity contribution in [2.45, 2.75) is 76.7 Å². The Bertz CT molecular complexity index is 959. The molecule has 0 unspecified atom stereocenters. The van der Waals surface area contributed by atoms with Crippen LogP contribution >= 0.6 is 11.8 Å². The van der Waals surface area contributed by atoms with Gasteiger partial charge in [0.2, 0.25) is 0 Å². The van der Waals surface area contributed by atoms with Crippen LogP contribution in [0.2, 0.25) is 0 Å². The Hall–Kier alpha value is -2.13. The zero-order valence-electron chi connectivity index (χ0n) is 20.1. The Morgan fingerprint density at radius 1 is 0.903 bits per heavy atom. The van der Waals surface area contributed by atoms with Crippen LogP contribution in [0.4, 0.5) is 0 Å². The molecule has 2 aromatic rings. The van der Waals surface area contributed by atoms with Gasteiger partial charge in [0.05, 0.1) is 7.11 Å². The fourth-order valence-corrected chi connectivity index (χ4v) is 4.78. The minimum atomic E-state index is 0.0136. The molecule has 0 fully saturated rings. The van der Waals surface area contributed by atoms with Crippen molar-refractivity contribution in [2.24, 2.45) is 0 Å². The van der Waals surface area contributed by atoms with Crippen LogP contribution in [-0.2, 0) is 17.4 Å². The van der Waals surface area contributed by atoms with Crippen LogP contribution in [0, 0.1) is 0 Å². The predicted molar refractivity (Wildman–Crippen MR) is 135 cm³/mol. The maximum absolute atomic E-state index is 5.95. The van der Waals surface area contributed by atoms with Crippen molar-refractivity contribution < 1.29 is 4.74 Å². The van der Waals surface area contributed by atoms with Crippen molar-refractivity contribution in [1.82, 2.24) is 5.32 Å². The zero-order chi connectivity index (χ0) is 22.6. The van der Waals surface area contributed by atoms with E-state index >= 15 is 0 Å². The molecule has 0 radical (unpaired) electrons. The monoisotopic (exact) mass is 435 g/mol. The summed E-state index contributed by atoms with van der Waals surface area (Å²) >= 11 is 1.83. The maximum Gasteiger partial charge on any atom is 0.127 e. The number of nitrogens with one attached hydrogen (secondary N) is 1. The highest BCUT2D eigenvalue weighted by atomic mass is 32.2. The van der Waals surface area contributed by atoms with Crippen LogP contribution in [-0.4, -0.2) is 7.11 Å². The van der Waals surface area contributed by atoms with Gasteiger partial charge in [-0.25, -0.2) is 0 Å². The normalized spacial score (nSPS) is 14.7. The molecule has 0 atom stereocenters. The second-order valence-corrected chi connectivity index (χ2v) is 11.4. The Morgan fingerprint density at radius 3 is 2.19 bits per heavy atom. The first-order chi connectivity index (χ1) is 14.6. The van der Waals surface area contributed by atoms with Gasteiger partial charge in [0, 0.05) is 33.2 Å². The quantitative estimate of drug-likeness (QED) is 0.501. The number of ether oxygens (including phenoxy) is 1. The Kier molecular flexibility index (Phi) is 7.26. The Morgan fingerprint density at radius 2 is 1.58 bits per heavy atom.